The topological polar surface area (TPSA) is 80.5 Å². The van der Waals surface area contributed by atoms with Crippen LogP contribution in [0.4, 0.5) is 4.79 Å². The number of nitrogens with one attached hydrogen (secondary N) is 1. The third-order valence-corrected chi connectivity index (χ3v) is 3.73. The number of ether oxygens (including phenoxy) is 1. The molecule has 23 heavy (non-hydrogen) atoms. The van der Waals surface area contributed by atoms with Crippen LogP contribution in [-0.4, -0.2) is 40.3 Å². The van der Waals surface area contributed by atoms with Gasteiger partial charge in [0.2, 0.25) is 0 Å². The lowest BCUT2D eigenvalue weighted by molar-refractivity contribution is 0.0791. The number of urea groups is 1. The van der Waals surface area contributed by atoms with Gasteiger partial charge in [0.05, 0.1) is 24.9 Å². The zero-order valence-electron chi connectivity index (χ0n) is 12.9. The Kier molecular flexibility index (Phi) is 5.21. The molecular weight excluding hydrogens is 296 g/mol. The van der Waals surface area contributed by atoms with E-state index in [4.69, 9.17) is 9.26 Å². The van der Waals surface area contributed by atoms with E-state index in [0.29, 0.717) is 25.3 Å². The summed E-state index contributed by atoms with van der Waals surface area (Å²) >= 11 is 0. The first-order valence-electron chi connectivity index (χ1n) is 7.75. The fraction of sp³-hybridized carbons (Fsp3) is 0.438. The lowest BCUT2D eigenvalue weighted by Crippen LogP contribution is -2.43. The minimum absolute atomic E-state index is 0.0940. The highest BCUT2D eigenvalue weighted by Gasteiger charge is 2.23. The van der Waals surface area contributed by atoms with Crippen molar-refractivity contribution in [3.05, 3.63) is 48.1 Å². The Labute approximate surface area is 134 Å². The van der Waals surface area contributed by atoms with Crippen LogP contribution in [0.2, 0.25) is 0 Å². The summed E-state index contributed by atoms with van der Waals surface area (Å²) in [6, 6.07) is 7.25. The maximum absolute atomic E-state index is 12.5. The first-order valence-corrected chi connectivity index (χ1v) is 7.75. The minimum Gasteiger partial charge on any atom is -0.376 e. The van der Waals surface area contributed by atoms with E-state index in [0.717, 1.165) is 25.1 Å². The standard InChI is InChI=1S/C16H20N4O3/c21-16(18-10-13-6-9-23-19-13)20(12-15-5-3-8-22-15)11-14-4-1-2-7-17-14/h1-2,4,6-7,9,15H,3,5,8,10-12H2,(H,18,21)/t15-/m1/s1. The number of carbonyl (C=O) groups excluding carboxylic acids is 1. The molecule has 0 aromatic carbocycles. The van der Waals surface area contributed by atoms with Gasteiger partial charge in [-0.15, -0.1) is 0 Å². The van der Waals surface area contributed by atoms with E-state index in [1.165, 1.54) is 6.26 Å². The molecule has 2 amide bonds. The van der Waals surface area contributed by atoms with Crippen LogP contribution in [0.3, 0.4) is 0 Å². The zero-order chi connectivity index (χ0) is 15.9. The van der Waals surface area contributed by atoms with E-state index >= 15 is 0 Å². The second-order valence-corrected chi connectivity index (χ2v) is 5.49. The maximum Gasteiger partial charge on any atom is 0.318 e. The molecule has 1 aliphatic heterocycles. The average molecular weight is 316 g/mol. The van der Waals surface area contributed by atoms with Crippen molar-refractivity contribution in [2.24, 2.45) is 0 Å². The summed E-state index contributed by atoms with van der Waals surface area (Å²) in [4.78, 5) is 18.5. The largest absolute Gasteiger partial charge is 0.376 e. The van der Waals surface area contributed by atoms with Crippen LogP contribution < -0.4 is 5.32 Å². The van der Waals surface area contributed by atoms with Gasteiger partial charge in [0.15, 0.2) is 0 Å². The van der Waals surface area contributed by atoms with Crippen molar-refractivity contribution in [2.75, 3.05) is 13.2 Å². The number of hydrogen-bond acceptors (Lipinski definition) is 5. The highest BCUT2D eigenvalue weighted by atomic mass is 16.5. The molecule has 0 spiro atoms. The summed E-state index contributed by atoms with van der Waals surface area (Å²) in [5, 5.41) is 6.65. The Bertz CT molecular complexity index is 597. The summed E-state index contributed by atoms with van der Waals surface area (Å²) in [5.74, 6) is 0. The molecule has 0 unspecified atom stereocenters. The van der Waals surface area contributed by atoms with E-state index in [1.54, 1.807) is 17.2 Å². The molecular formula is C16H20N4O3. The van der Waals surface area contributed by atoms with Gasteiger partial charge in [-0.3, -0.25) is 4.98 Å². The van der Waals surface area contributed by atoms with Crippen LogP contribution in [0, 0.1) is 0 Å². The fourth-order valence-corrected chi connectivity index (χ4v) is 2.55. The maximum atomic E-state index is 12.5. The molecule has 3 heterocycles. The summed E-state index contributed by atoms with van der Waals surface area (Å²) in [5.41, 5.74) is 1.54. The first-order chi connectivity index (χ1) is 11.3. The van der Waals surface area contributed by atoms with E-state index in [9.17, 15) is 4.79 Å². The molecule has 1 fully saturated rings. The SMILES string of the molecule is O=C(NCc1ccon1)N(Cc1ccccn1)C[C@H]1CCCO1. The average Bonchev–Trinajstić information content (AvgIpc) is 3.26. The number of aromatic nitrogens is 2. The predicted octanol–water partition coefficient (Wildman–Crippen LogP) is 1.96. The Hall–Kier alpha value is -2.41. The number of pyridine rings is 1. The van der Waals surface area contributed by atoms with Crippen molar-refractivity contribution in [1.29, 1.82) is 0 Å². The summed E-state index contributed by atoms with van der Waals surface area (Å²) in [6.07, 6.45) is 5.33. The Morgan fingerprint density at radius 2 is 2.30 bits per heavy atom. The third-order valence-electron chi connectivity index (χ3n) is 3.73. The highest BCUT2D eigenvalue weighted by Crippen LogP contribution is 2.15. The Morgan fingerprint density at radius 1 is 1.35 bits per heavy atom. The smallest absolute Gasteiger partial charge is 0.318 e. The molecule has 2 aromatic rings. The molecule has 0 bridgehead atoms. The van der Waals surface area contributed by atoms with Crippen molar-refractivity contribution in [3.63, 3.8) is 0 Å². The van der Waals surface area contributed by atoms with Gasteiger partial charge < -0.3 is 19.5 Å². The number of nitrogens with zero attached hydrogens (tertiary/aromatic N) is 3. The van der Waals surface area contributed by atoms with Gasteiger partial charge in [0, 0.05) is 25.4 Å². The molecule has 0 saturated carbocycles. The highest BCUT2D eigenvalue weighted by molar-refractivity contribution is 5.74. The van der Waals surface area contributed by atoms with Gasteiger partial charge in [-0.1, -0.05) is 11.2 Å². The molecule has 1 saturated heterocycles. The molecule has 2 aromatic heterocycles. The van der Waals surface area contributed by atoms with Gasteiger partial charge in [-0.2, -0.15) is 0 Å². The van der Waals surface area contributed by atoms with E-state index in [-0.39, 0.29) is 12.1 Å². The van der Waals surface area contributed by atoms with Gasteiger partial charge in [0.25, 0.3) is 0 Å². The van der Waals surface area contributed by atoms with Crippen LogP contribution in [-0.2, 0) is 17.8 Å². The monoisotopic (exact) mass is 316 g/mol. The van der Waals surface area contributed by atoms with Crippen LogP contribution >= 0.6 is 0 Å². The van der Waals surface area contributed by atoms with Crippen LogP contribution in [0.15, 0.2) is 41.2 Å². The predicted molar refractivity (Wildman–Crippen MR) is 82.4 cm³/mol. The molecule has 7 heteroatoms. The van der Waals surface area contributed by atoms with Crippen molar-refractivity contribution in [2.45, 2.75) is 32.0 Å². The van der Waals surface area contributed by atoms with Gasteiger partial charge >= 0.3 is 6.03 Å². The molecule has 0 aliphatic carbocycles. The van der Waals surface area contributed by atoms with Crippen LogP contribution in [0.25, 0.3) is 0 Å². The minimum atomic E-state index is -0.158. The molecule has 1 atom stereocenters. The third kappa shape index (κ3) is 4.53. The lowest BCUT2D eigenvalue weighted by Gasteiger charge is -2.25. The number of amides is 2. The van der Waals surface area contributed by atoms with Crippen molar-refractivity contribution >= 4 is 6.03 Å². The number of hydrogen-bond donors (Lipinski definition) is 1. The molecule has 3 rings (SSSR count). The molecule has 7 nitrogen and oxygen atoms in total. The van der Waals surface area contributed by atoms with Crippen molar-refractivity contribution in [3.8, 4) is 0 Å². The number of carbonyl (C=O) groups is 1. The molecule has 122 valence electrons. The second kappa shape index (κ2) is 7.73. The van der Waals surface area contributed by atoms with Gasteiger partial charge in [0.1, 0.15) is 12.0 Å². The summed E-state index contributed by atoms with van der Waals surface area (Å²) in [7, 11) is 0. The van der Waals surface area contributed by atoms with Crippen LogP contribution in [0.5, 0.6) is 0 Å². The van der Waals surface area contributed by atoms with Crippen LogP contribution in [0.1, 0.15) is 24.2 Å². The molecule has 0 radical (unpaired) electrons. The van der Waals surface area contributed by atoms with E-state index in [2.05, 4.69) is 15.5 Å². The van der Waals surface area contributed by atoms with E-state index < -0.39 is 0 Å². The molecule has 1 N–H and O–H groups in total. The van der Waals surface area contributed by atoms with Gasteiger partial charge in [-0.25, -0.2) is 4.79 Å². The normalized spacial score (nSPS) is 17.1. The van der Waals surface area contributed by atoms with Gasteiger partial charge in [-0.05, 0) is 25.0 Å². The number of rotatable bonds is 6. The zero-order valence-corrected chi connectivity index (χ0v) is 12.9. The fourth-order valence-electron chi connectivity index (χ4n) is 2.55. The first kappa shape index (κ1) is 15.5. The Morgan fingerprint density at radius 3 is 3.00 bits per heavy atom. The molecule has 1 aliphatic rings. The van der Waals surface area contributed by atoms with Crippen molar-refractivity contribution < 1.29 is 14.1 Å². The second-order valence-electron chi connectivity index (χ2n) is 5.49. The van der Waals surface area contributed by atoms with E-state index in [1.807, 2.05) is 18.2 Å². The van der Waals surface area contributed by atoms with Crippen molar-refractivity contribution in [1.82, 2.24) is 20.4 Å². The quantitative estimate of drug-likeness (QED) is 0.881. The summed E-state index contributed by atoms with van der Waals surface area (Å²) < 4.78 is 10.4. The Balaban J connectivity index is 1.61. The lowest BCUT2D eigenvalue weighted by atomic mass is 10.2. The summed E-state index contributed by atoms with van der Waals surface area (Å²) in [6.45, 7) is 2.11.